The van der Waals surface area contributed by atoms with Crippen molar-refractivity contribution in [2.45, 2.75) is 50.7 Å². The zero-order valence-corrected chi connectivity index (χ0v) is 13.5. The summed E-state index contributed by atoms with van der Waals surface area (Å²) in [6.07, 6.45) is 5.72. The van der Waals surface area contributed by atoms with Gasteiger partial charge in [0, 0.05) is 12.5 Å². The second-order valence-electron chi connectivity index (χ2n) is 7.32. The number of fused-ring (bicyclic) bond motifs is 1. The maximum absolute atomic E-state index is 12.9. The molecule has 0 aliphatic heterocycles. The number of hydrogen-bond donors (Lipinski definition) is 1. The first kappa shape index (κ1) is 14.7. The van der Waals surface area contributed by atoms with Crippen molar-refractivity contribution in [2.24, 2.45) is 10.8 Å². The molecule has 1 aromatic rings. The molecule has 1 spiro atoms. The summed E-state index contributed by atoms with van der Waals surface area (Å²) in [6.45, 7) is 0. The van der Waals surface area contributed by atoms with Crippen LogP contribution in [0, 0.1) is 22.2 Å². The van der Waals surface area contributed by atoms with Crippen molar-refractivity contribution in [3.63, 3.8) is 0 Å². The molecule has 0 radical (unpaired) electrons. The molecule has 2 saturated carbocycles. The second-order valence-corrected chi connectivity index (χ2v) is 7.32. The lowest BCUT2D eigenvalue weighted by Gasteiger charge is -2.23. The summed E-state index contributed by atoms with van der Waals surface area (Å²) in [6, 6.07) is 10.4. The highest BCUT2D eigenvalue weighted by molar-refractivity contribution is 5.90. The average molecular weight is 310 g/mol. The van der Waals surface area contributed by atoms with Gasteiger partial charge in [0.05, 0.1) is 12.1 Å². The third-order valence-corrected chi connectivity index (χ3v) is 6.26. The van der Waals surface area contributed by atoms with Crippen LogP contribution in [0.25, 0.3) is 0 Å². The number of amides is 1. The molecule has 4 nitrogen and oxygen atoms in total. The minimum absolute atomic E-state index is 0.0418. The number of benzene rings is 1. The highest BCUT2D eigenvalue weighted by atomic mass is 16.5. The second kappa shape index (κ2) is 5.07. The Bertz CT molecular complexity index is 687. The fourth-order valence-electron chi connectivity index (χ4n) is 4.92. The number of methoxy groups -OCH3 is 1. The van der Waals surface area contributed by atoms with Crippen LogP contribution in [0.15, 0.2) is 24.3 Å². The van der Waals surface area contributed by atoms with E-state index in [2.05, 4.69) is 23.5 Å². The molecule has 1 aromatic carbocycles. The Balaban J connectivity index is 1.53. The third-order valence-electron chi connectivity index (χ3n) is 6.26. The van der Waals surface area contributed by atoms with Crippen LogP contribution in [0.3, 0.4) is 0 Å². The number of ether oxygens (including phenoxy) is 1. The third kappa shape index (κ3) is 1.96. The van der Waals surface area contributed by atoms with Crippen LogP contribution >= 0.6 is 0 Å². The van der Waals surface area contributed by atoms with Crippen LogP contribution in [0.1, 0.15) is 49.3 Å². The Morgan fingerprint density at radius 2 is 2.09 bits per heavy atom. The average Bonchev–Trinajstić information content (AvgIpc) is 2.85. The van der Waals surface area contributed by atoms with Crippen LogP contribution < -0.4 is 5.32 Å². The van der Waals surface area contributed by atoms with Crippen molar-refractivity contribution in [2.75, 3.05) is 7.11 Å². The van der Waals surface area contributed by atoms with Crippen LogP contribution in [-0.2, 0) is 16.0 Å². The number of carbonyl (C=O) groups is 1. The van der Waals surface area contributed by atoms with E-state index in [4.69, 9.17) is 4.74 Å². The number of nitrogens with zero attached hydrogens (tertiary/aromatic N) is 1. The number of hydrogen-bond acceptors (Lipinski definition) is 3. The van der Waals surface area contributed by atoms with Gasteiger partial charge in [0.2, 0.25) is 5.91 Å². The van der Waals surface area contributed by atoms with E-state index in [0.29, 0.717) is 0 Å². The Morgan fingerprint density at radius 1 is 1.35 bits per heavy atom. The first-order chi connectivity index (χ1) is 11.2. The van der Waals surface area contributed by atoms with Gasteiger partial charge in [0.15, 0.2) is 0 Å². The summed E-state index contributed by atoms with van der Waals surface area (Å²) in [5, 5.41) is 12.8. The molecular weight excluding hydrogens is 288 g/mol. The Labute approximate surface area is 136 Å². The molecular formula is C19H22N2O2. The highest BCUT2D eigenvalue weighted by Gasteiger charge is 2.73. The van der Waals surface area contributed by atoms with Gasteiger partial charge in [-0.25, -0.2) is 0 Å². The van der Waals surface area contributed by atoms with E-state index in [1.165, 1.54) is 5.56 Å². The van der Waals surface area contributed by atoms with Crippen molar-refractivity contribution >= 4 is 5.91 Å². The lowest BCUT2D eigenvalue weighted by atomic mass is 9.91. The first-order valence-electron chi connectivity index (χ1n) is 8.49. The fourth-order valence-corrected chi connectivity index (χ4v) is 4.92. The molecule has 23 heavy (non-hydrogen) atoms. The zero-order valence-electron chi connectivity index (χ0n) is 13.5. The fraction of sp³-hybridized carbons (Fsp3) is 0.579. The van der Waals surface area contributed by atoms with Crippen molar-refractivity contribution in [3.05, 3.63) is 35.4 Å². The van der Waals surface area contributed by atoms with Gasteiger partial charge < -0.3 is 10.1 Å². The van der Waals surface area contributed by atoms with Gasteiger partial charge in [-0.2, -0.15) is 5.26 Å². The van der Waals surface area contributed by atoms with Gasteiger partial charge in [-0.3, -0.25) is 4.79 Å². The van der Waals surface area contributed by atoms with E-state index in [1.54, 1.807) is 7.11 Å². The normalized spacial score (nSPS) is 33.2. The van der Waals surface area contributed by atoms with Crippen LogP contribution in [0.2, 0.25) is 0 Å². The number of rotatable bonds is 3. The largest absolute Gasteiger partial charge is 0.375 e. The Kier molecular flexibility index (Phi) is 3.24. The summed E-state index contributed by atoms with van der Waals surface area (Å²) >= 11 is 0. The minimum Gasteiger partial charge on any atom is -0.375 e. The number of nitriles is 1. The molecule has 0 heterocycles. The van der Waals surface area contributed by atoms with E-state index in [-0.39, 0.29) is 23.5 Å². The lowest BCUT2D eigenvalue weighted by Crippen LogP contribution is -2.43. The molecule has 3 atom stereocenters. The molecule has 1 N–H and O–H groups in total. The predicted octanol–water partition coefficient (Wildman–Crippen LogP) is 2.89. The standard InChI is InChI=1S/C19H22N2O2/c1-23-16-14-7-3-2-6-13(14)10-15(16)21-17(22)19(12-20)11-18(19)8-4-5-9-18/h2-3,6-7,15-16H,4-5,8-11H2,1H3,(H,21,22)/t15-,16+,19-/m1/s1. The molecule has 1 amide bonds. The van der Waals surface area contributed by atoms with Crippen molar-refractivity contribution in [1.82, 2.24) is 5.32 Å². The van der Waals surface area contributed by atoms with E-state index in [9.17, 15) is 10.1 Å². The molecule has 3 aliphatic carbocycles. The summed E-state index contributed by atoms with van der Waals surface area (Å²) in [7, 11) is 1.68. The topological polar surface area (TPSA) is 62.1 Å². The zero-order chi connectivity index (χ0) is 16.1. The summed E-state index contributed by atoms with van der Waals surface area (Å²) < 4.78 is 5.64. The van der Waals surface area contributed by atoms with Gasteiger partial charge in [0.25, 0.3) is 0 Å². The molecule has 0 bridgehead atoms. The maximum Gasteiger partial charge on any atom is 0.241 e. The summed E-state index contributed by atoms with van der Waals surface area (Å²) in [4.78, 5) is 12.9. The molecule has 0 aromatic heterocycles. The molecule has 0 saturated heterocycles. The monoisotopic (exact) mass is 310 g/mol. The highest BCUT2D eigenvalue weighted by Crippen LogP contribution is 2.71. The lowest BCUT2D eigenvalue weighted by molar-refractivity contribution is -0.127. The van der Waals surface area contributed by atoms with Crippen molar-refractivity contribution < 1.29 is 9.53 Å². The van der Waals surface area contributed by atoms with Crippen LogP contribution in [-0.4, -0.2) is 19.1 Å². The maximum atomic E-state index is 12.9. The molecule has 0 unspecified atom stereocenters. The number of carbonyl (C=O) groups excluding carboxylic acids is 1. The van der Waals surface area contributed by atoms with Gasteiger partial charge in [-0.05, 0) is 36.8 Å². The van der Waals surface area contributed by atoms with Gasteiger partial charge in [-0.1, -0.05) is 37.1 Å². The molecule has 4 rings (SSSR count). The van der Waals surface area contributed by atoms with Gasteiger partial charge in [0.1, 0.15) is 11.5 Å². The van der Waals surface area contributed by atoms with Crippen LogP contribution in [0.4, 0.5) is 0 Å². The van der Waals surface area contributed by atoms with E-state index < -0.39 is 5.41 Å². The van der Waals surface area contributed by atoms with E-state index >= 15 is 0 Å². The van der Waals surface area contributed by atoms with Crippen LogP contribution in [0.5, 0.6) is 0 Å². The van der Waals surface area contributed by atoms with Crippen molar-refractivity contribution in [3.8, 4) is 6.07 Å². The molecule has 2 fully saturated rings. The molecule has 3 aliphatic rings. The van der Waals surface area contributed by atoms with E-state index in [0.717, 1.165) is 44.1 Å². The summed E-state index contributed by atoms with van der Waals surface area (Å²) in [5.74, 6) is -0.0817. The molecule has 120 valence electrons. The minimum atomic E-state index is -0.795. The molecule has 4 heteroatoms. The van der Waals surface area contributed by atoms with Gasteiger partial charge in [-0.15, -0.1) is 0 Å². The van der Waals surface area contributed by atoms with Gasteiger partial charge >= 0.3 is 0 Å². The Morgan fingerprint density at radius 3 is 2.78 bits per heavy atom. The first-order valence-corrected chi connectivity index (χ1v) is 8.49. The van der Waals surface area contributed by atoms with Crippen molar-refractivity contribution in [1.29, 1.82) is 5.26 Å². The SMILES string of the molecule is CO[C@H]1c2ccccc2C[C@H]1NC(=O)[C@]1(C#N)CC12CCCC2. The predicted molar refractivity (Wildman–Crippen MR) is 85.4 cm³/mol. The quantitative estimate of drug-likeness (QED) is 0.933. The smallest absolute Gasteiger partial charge is 0.241 e. The number of nitrogens with one attached hydrogen (secondary N) is 1. The van der Waals surface area contributed by atoms with E-state index in [1.807, 2.05) is 12.1 Å². The summed E-state index contributed by atoms with van der Waals surface area (Å²) in [5.41, 5.74) is 1.54. The Hall–Kier alpha value is -1.86.